The van der Waals surface area contributed by atoms with E-state index in [-0.39, 0.29) is 28.1 Å². The van der Waals surface area contributed by atoms with E-state index in [4.69, 9.17) is 44.3 Å². The number of benzene rings is 3. The molecule has 0 saturated heterocycles. The van der Waals surface area contributed by atoms with Crippen molar-refractivity contribution in [1.82, 2.24) is 9.88 Å². The minimum Gasteiger partial charge on any atom is -0.493 e. The molecule has 6 nitrogen and oxygen atoms in total. The topological polar surface area (TPSA) is 69.6 Å². The van der Waals surface area contributed by atoms with Crippen LogP contribution in [0.4, 0.5) is 4.39 Å². The Morgan fingerprint density at radius 2 is 1.69 bits per heavy atom. The molecule has 1 aromatic heterocycles. The van der Waals surface area contributed by atoms with E-state index in [9.17, 15) is 14.0 Å². The number of pyridine rings is 1. The maximum Gasteiger partial charge on any atom is 0.323 e. The minimum absolute atomic E-state index is 0.00207. The predicted octanol–water partition coefficient (Wildman–Crippen LogP) is 9.02. The Kier molecular flexibility index (Phi) is 10.4. The lowest BCUT2D eigenvalue weighted by molar-refractivity contribution is -0.154. The summed E-state index contributed by atoms with van der Waals surface area (Å²) in [5, 5.41) is 4.85. The van der Waals surface area contributed by atoms with Crippen molar-refractivity contribution in [1.29, 1.82) is 0 Å². The second-order valence-corrected chi connectivity index (χ2v) is 13.6. The van der Waals surface area contributed by atoms with Crippen molar-refractivity contribution in [3.63, 3.8) is 0 Å². The van der Waals surface area contributed by atoms with Crippen molar-refractivity contribution >= 4 is 51.7 Å². The number of aromatic nitrogens is 1. The van der Waals surface area contributed by atoms with E-state index in [1.807, 2.05) is 26.8 Å². The van der Waals surface area contributed by atoms with Gasteiger partial charge in [-0.15, -0.1) is 0 Å². The van der Waals surface area contributed by atoms with Crippen molar-refractivity contribution in [3.05, 3.63) is 91.9 Å². The minimum atomic E-state index is -0.464. The molecule has 45 heavy (non-hydrogen) atoms. The van der Waals surface area contributed by atoms with Crippen molar-refractivity contribution in [3.8, 4) is 22.6 Å². The van der Waals surface area contributed by atoms with E-state index < -0.39 is 11.9 Å². The molecular formula is C35H36Cl3FN2O4. The zero-order valence-electron chi connectivity index (χ0n) is 25.5. The number of carbonyl (C=O) groups is 1. The van der Waals surface area contributed by atoms with Crippen LogP contribution in [-0.2, 0) is 9.53 Å². The first kappa shape index (κ1) is 33.3. The highest BCUT2D eigenvalue weighted by Gasteiger charge is 2.34. The van der Waals surface area contributed by atoms with Gasteiger partial charge >= 0.3 is 5.97 Å². The van der Waals surface area contributed by atoms with E-state index in [0.717, 1.165) is 25.7 Å². The van der Waals surface area contributed by atoms with E-state index in [1.165, 1.54) is 22.8 Å². The van der Waals surface area contributed by atoms with Gasteiger partial charge in [-0.1, -0.05) is 61.6 Å². The molecule has 1 fully saturated rings. The fourth-order valence-electron chi connectivity index (χ4n) is 5.76. The molecule has 238 valence electrons. The van der Waals surface area contributed by atoms with Gasteiger partial charge in [-0.05, 0) is 92.1 Å². The highest BCUT2D eigenvalue weighted by Crippen LogP contribution is 2.39. The number of halogens is 4. The third-order valence-electron chi connectivity index (χ3n) is 7.99. The maximum absolute atomic E-state index is 14.0. The molecule has 1 atom stereocenters. The van der Waals surface area contributed by atoms with Crippen LogP contribution in [-0.4, -0.2) is 35.8 Å². The average Bonchev–Trinajstić information content (AvgIpc) is 3.48. The Hall–Kier alpha value is -3.10. The molecule has 1 heterocycles. The van der Waals surface area contributed by atoms with E-state index in [2.05, 4.69) is 5.32 Å². The molecule has 3 aromatic carbocycles. The second kappa shape index (κ2) is 14.1. The Bertz CT molecular complexity index is 1740. The van der Waals surface area contributed by atoms with Gasteiger partial charge in [-0.25, -0.2) is 4.39 Å². The molecule has 0 radical (unpaired) electrons. The zero-order chi connectivity index (χ0) is 32.3. The molecular weight excluding hydrogens is 638 g/mol. The molecule has 1 saturated carbocycles. The first-order valence-corrected chi connectivity index (χ1v) is 16.2. The van der Waals surface area contributed by atoms with Gasteiger partial charge in [0.2, 0.25) is 0 Å². The van der Waals surface area contributed by atoms with E-state index in [1.54, 1.807) is 36.4 Å². The van der Waals surface area contributed by atoms with Gasteiger partial charge in [-0.2, -0.15) is 0 Å². The first-order chi connectivity index (χ1) is 21.4. The van der Waals surface area contributed by atoms with Crippen LogP contribution in [0.3, 0.4) is 0 Å². The Morgan fingerprint density at radius 3 is 2.36 bits per heavy atom. The lowest BCUT2D eigenvalue weighted by Gasteiger charge is -2.30. The number of nitrogens with zero attached hydrogens (tertiary/aromatic N) is 1. The number of fused-ring (bicyclic) bond motifs is 1. The molecule has 0 unspecified atom stereocenters. The van der Waals surface area contributed by atoms with Gasteiger partial charge in [0.15, 0.2) is 0 Å². The lowest BCUT2D eigenvalue weighted by Crippen LogP contribution is -2.48. The number of esters is 1. The second-order valence-electron chi connectivity index (χ2n) is 12.4. The molecule has 5 rings (SSSR count). The fourth-order valence-corrected chi connectivity index (χ4v) is 6.59. The van der Waals surface area contributed by atoms with Crippen LogP contribution in [0.15, 0.2) is 65.5 Å². The van der Waals surface area contributed by atoms with Crippen LogP contribution in [0.2, 0.25) is 15.1 Å². The van der Waals surface area contributed by atoms with Crippen molar-refractivity contribution < 1.29 is 18.7 Å². The van der Waals surface area contributed by atoms with Gasteiger partial charge in [0.25, 0.3) is 5.56 Å². The number of hydrogen-bond acceptors (Lipinski definition) is 5. The molecule has 1 N–H and O–H groups in total. The SMILES string of the molecule is CC(C)(C)[C@H](NCCCOc1cc(-c2ccc(F)cc2Cl)c2ccc(=O)n(-c3c(Cl)cccc3Cl)c2c1)C(=O)OC1CCCC1. The number of ether oxygens (including phenoxy) is 2. The summed E-state index contributed by atoms with van der Waals surface area (Å²) < 4.78 is 27.4. The fraction of sp³-hybridized carbons (Fsp3) is 0.371. The summed E-state index contributed by atoms with van der Waals surface area (Å²) in [6.45, 7) is 6.87. The van der Waals surface area contributed by atoms with Crippen LogP contribution in [0, 0.1) is 11.2 Å². The van der Waals surface area contributed by atoms with Crippen molar-refractivity contribution in [2.75, 3.05) is 13.2 Å². The highest BCUT2D eigenvalue weighted by atomic mass is 35.5. The summed E-state index contributed by atoms with van der Waals surface area (Å²) in [6.07, 6.45) is 4.62. The van der Waals surface area contributed by atoms with Gasteiger partial charge < -0.3 is 14.8 Å². The van der Waals surface area contributed by atoms with Gasteiger partial charge in [0, 0.05) is 23.1 Å². The Morgan fingerprint density at radius 1 is 0.978 bits per heavy atom. The standard InChI is InChI=1S/C35H36Cl3FN2O4/c1-35(2,3)33(34(43)45-22-8-4-5-9-22)40-16-7-17-44-23-19-26(24-13-12-21(39)18-29(24)38)25-14-15-31(42)41(30(25)20-23)32-27(36)10-6-11-28(32)37/h6,10-15,18-20,22,33,40H,4-5,7-9,16-17H2,1-3H3/t33-/m1/s1. The Labute approximate surface area is 277 Å². The van der Waals surface area contributed by atoms with Crippen LogP contribution < -0.4 is 15.6 Å². The molecule has 0 bridgehead atoms. The van der Waals surface area contributed by atoms with E-state index >= 15 is 0 Å². The number of nitrogens with one attached hydrogen (secondary N) is 1. The van der Waals surface area contributed by atoms with Gasteiger partial charge in [0.05, 0.1) is 32.9 Å². The van der Waals surface area contributed by atoms with Crippen LogP contribution in [0.1, 0.15) is 52.9 Å². The smallest absolute Gasteiger partial charge is 0.323 e. The van der Waals surface area contributed by atoms with Gasteiger partial charge in [-0.3, -0.25) is 14.2 Å². The summed E-state index contributed by atoms with van der Waals surface area (Å²) >= 11 is 19.6. The molecule has 4 aromatic rings. The van der Waals surface area contributed by atoms with Crippen LogP contribution in [0.5, 0.6) is 5.75 Å². The summed E-state index contributed by atoms with van der Waals surface area (Å²) in [7, 11) is 0. The highest BCUT2D eigenvalue weighted by molar-refractivity contribution is 6.38. The molecule has 0 spiro atoms. The lowest BCUT2D eigenvalue weighted by atomic mass is 9.86. The van der Waals surface area contributed by atoms with Crippen LogP contribution >= 0.6 is 34.8 Å². The number of hydrogen-bond donors (Lipinski definition) is 1. The van der Waals surface area contributed by atoms with Crippen LogP contribution in [0.25, 0.3) is 27.7 Å². The molecule has 1 aliphatic rings. The largest absolute Gasteiger partial charge is 0.493 e. The monoisotopic (exact) mass is 672 g/mol. The average molecular weight is 674 g/mol. The molecule has 1 aliphatic carbocycles. The number of carbonyl (C=O) groups excluding carboxylic acids is 1. The Balaban J connectivity index is 1.43. The van der Waals surface area contributed by atoms with Crippen molar-refractivity contribution in [2.24, 2.45) is 5.41 Å². The molecule has 10 heteroatoms. The first-order valence-electron chi connectivity index (χ1n) is 15.1. The molecule has 0 aliphatic heterocycles. The number of rotatable bonds is 10. The zero-order valence-corrected chi connectivity index (χ0v) is 27.7. The normalized spacial score (nSPS) is 14.6. The summed E-state index contributed by atoms with van der Waals surface area (Å²) in [4.78, 5) is 26.3. The summed E-state index contributed by atoms with van der Waals surface area (Å²) in [5.74, 6) is -0.219. The van der Waals surface area contributed by atoms with E-state index in [0.29, 0.717) is 63.1 Å². The van der Waals surface area contributed by atoms with Gasteiger partial charge in [0.1, 0.15) is 23.7 Å². The number of para-hydroxylation sites is 1. The van der Waals surface area contributed by atoms with Crippen molar-refractivity contribution in [2.45, 2.75) is 65.0 Å². The predicted molar refractivity (Wildman–Crippen MR) is 180 cm³/mol. The third kappa shape index (κ3) is 7.66. The third-order valence-corrected chi connectivity index (χ3v) is 8.92. The maximum atomic E-state index is 14.0. The summed E-state index contributed by atoms with van der Waals surface area (Å²) in [6, 6.07) is 15.4. The quantitative estimate of drug-likeness (QED) is 0.134. The molecule has 0 amide bonds. The summed E-state index contributed by atoms with van der Waals surface area (Å²) in [5.41, 5.74) is 1.37.